The average Bonchev–Trinajstić information content (AvgIpc) is 2.36. The van der Waals surface area contributed by atoms with Gasteiger partial charge in [-0.25, -0.2) is 19.6 Å². The Morgan fingerprint density at radius 2 is 2.26 bits per heavy atom. The van der Waals surface area contributed by atoms with Crippen molar-refractivity contribution in [2.75, 3.05) is 13.7 Å². The lowest BCUT2D eigenvalue weighted by Gasteiger charge is -2.14. The summed E-state index contributed by atoms with van der Waals surface area (Å²) < 4.78 is 4.70. The van der Waals surface area contributed by atoms with Crippen molar-refractivity contribution in [3.8, 4) is 0 Å². The molecule has 0 aliphatic rings. The van der Waals surface area contributed by atoms with Crippen LogP contribution in [0.3, 0.4) is 0 Å². The molecule has 0 bridgehead atoms. The standard InChI is InChI=1S/C11H16N4O4/c1-7-12-4-3-8(14-7)5-13-11(18)15-9(6-19-2)10(16)17/h3-4,9H,5-6H2,1-2H3,(H,16,17)(H2,13,15,18). The normalized spacial score (nSPS) is 11.7. The van der Waals surface area contributed by atoms with Gasteiger partial charge in [-0.15, -0.1) is 0 Å². The highest BCUT2D eigenvalue weighted by molar-refractivity contribution is 5.82. The molecule has 1 atom stereocenters. The molecule has 8 heteroatoms. The first-order chi connectivity index (χ1) is 9.02. The van der Waals surface area contributed by atoms with Crippen molar-refractivity contribution in [2.24, 2.45) is 0 Å². The number of hydrogen-bond donors (Lipinski definition) is 3. The van der Waals surface area contributed by atoms with Gasteiger partial charge in [0.15, 0.2) is 6.04 Å². The zero-order valence-electron chi connectivity index (χ0n) is 10.7. The van der Waals surface area contributed by atoms with Crippen LogP contribution in [0.5, 0.6) is 0 Å². The Labute approximate surface area is 110 Å². The molecule has 19 heavy (non-hydrogen) atoms. The van der Waals surface area contributed by atoms with Gasteiger partial charge in [0.2, 0.25) is 0 Å². The van der Waals surface area contributed by atoms with E-state index in [9.17, 15) is 9.59 Å². The lowest BCUT2D eigenvalue weighted by molar-refractivity contribution is -0.140. The molecule has 0 aliphatic heterocycles. The van der Waals surface area contributed by atoms with Crippen molar-refractivity contribution in [2.45, 2.75) is 19.5 Å². The second-order valence-corrected chi connectivity index (χ2v) is 3.77. The zero-order valence-corrected chi connectivity index (χ0v) is 10.7. The van der Waals surface area contributed by atoms with Gasteiger partial charge in [-0.1, -0.05) is 0 Å². The number of amides is 2. The van der Waals surface area contributed by atoms with Crippen LogP contribution < -0.4 is 10.6 Å². The van der Waals surface area contributed by atoms with E-state index < -0.39 is 18.0 Å². The molecule has 104 valence electrons. The smallest absolute Gasteiger partial charge is 0.328 e. The molecule has 1 rings (SSSR count). The van der Waals surface area contributed by atoms with E-state index in [1.165, 1.54) is 7.11 Å². The summed E-state index contributed by atoms with van der Waals surface area (Å²) in [5.41, 5.74) is 0.640. The number of urea groups is 1. The molecule has 8 nitrogen and oxygen atoms in total. The van der Waals surface area contributed by atoms with Gasteiger partial charge in [-0.2, -0.15) is 0 Å². The van der Waals surface area contributed by atoms with Gasteiger partial charge in [0.1, 0.15) is 5.82 Å². The van der Waals surface area contributed by atoms with Crippen molar-refractivity contribution in [1.82, 2.24) is 20.6 Å². The van der Waals surface area contributed by atoms with E-state index in [4.69, 9.17) is 9.84 Å². The van der Waals surface area contributed by atoms with E-state index in [0.29, 0.717) is 11.5 Å². The zero-order chi connectivity index (χ0) is 14.3. The first kappa shape index (κ1) is 14.8. The van der Waals surface area contributed by atoms with Gasteiger partial charge in [-0.05, 0) is 13.0 Å². The number of nitrogens with one attached hydrogen (secondary N) is 2. The third-order valence-corrected chi connectivity index (χ3v) is 2.20. The highest BCUT2D eigenvalue weighted by Gasteiger charge is 2.19. The number of hydrogen-bond acceptors (Lipinski definition) is 5. The van der Waals surface area contributed by atoms with E-state index in [1.807, 2.05) is 0 Å². The van der Waals surface area contributed by atoms with Crippen LogP contribution in [0.25, 0.3) is 0 Å². The van der Waals surface area contributed by atoms with Gasteiger partial charge < -0.3 is 20.5 Å². The van der Waals surface area contributed by atoms with Crippen LogP contribution in [0.2, 0.25) is 0 Å². The van der Waals surface area contributed by atoms with Gasteiger partial charge >= 0.3 is 12.0 Å². The Bertz CT molecular complexity index is 452. The molecule has 3 N–H and O–H groups in total. The van der Waals surface area contributed by atoms with E-state index in [-0.39, 0.29) is 13.2 Å². The average molecular weight is 268 g/mol. The van der Waals surface area contributed by atoms with Gasteiger partial charge in [-0.3, -0.25) is 0 Å². The lowest BCUT2D eigenvalue weighted by atomic mass is 10.3. The van der Waals surface area contributed by atoms with Crippen molar-refractivity contribution in [3.05, 3.63) is 23.8 Å². The van der Waals surface area contributed by atoms with Crippen molar-refractivity contribution in [3.63, 3.8) is 0 Å². The number of rotatable bonds is 6. The summed E-state index contributed by atoms with van der Waals surface area (Å²) in [6, 6.07) is -0.0187. The van der Waals surface area contributed by atoms with Crippen LogP contribution in [-0.2, 0) is 16.1 Å². The Balaban J connectivity index is 2.44. The van der Waals surface area contributed by atoms with Gasteiger partial charge in [0.05, 0.1) is 18.8 Å². The maximum Gasteiger partial charge on any atom is 0.328 e. The number of aromatic nitrogens is 2. The van der Waals surface area contributed by atoms with Crippen LogP contribution in [0, 0.1) is 6.92 Å². The number of carbonyl (C=O) groups excluding carboxylic acids is 1. The monoisotopic (exact) mass is 268 g/mol. The minimum absolute atomic E-state index is 0.102. The van der Waals surface area contributed by atoms with Crippen molar-refractivity contribution in [1.29, 1.82) is 0 Å². The number of aryl methyl sites for hydroxylation is 1. The maximum atomic E-state index is 11.5. The topological polar surface area (TPSA) is 113 Å². The molecule has 1 aromatic rings. The molecular formula is C11H16N4O4. The predicted octanol–water partition coefficient (Wildman–Crippen LogP) is -0.316. The fourth-order valence-electron chi connectivity index (χ4n) is 1.33. The molecule has 0 spiro atoms. The number of carboxylic acids is 1. The SMILES string of the molecule is COCC(NC(=O)NCc1ccnc(C)n1)C(=O)O. The van der Waals surface area contributed by atoms with Crippen LogP contribution >= 0.6 is 0 Å². The van der Waals surface area contributed by atoms with Crippen LogP contribution in [-0.4, -0.2) is 46.8 Å². The van der Waals surface area contributed by atoms with Crippen LogP contribution in [0.15, 0.2) is 12.3 Å². The van der Waals surface area contributed by atoms with E-state index in [0.717, 1.165) is 0 Å². The molecule has 0 aromatic carbocycles. The van der Waals surface area contributed by atoms with Crippen molar-refractivity contribution < 1.29 is 19.4 Å². The summed E-state index contributed by atoms with van der Waals surface area (Å²) in [4.78, 5) is 30.3. The molecule has 1 aromatic heterocycles. The van der Waals surface area contributed by atoms with E-state index in [1.54, 1.807) is 19.2 Å². The molecule has 0 radical (unpaired) electrons. The maximum absolute atomic E-state index is 11.5. The van der Waals surface area contributed by atoms with Crippen LogP contribution in [0.1, 0.15) is 11.5 Å². The van der Waals surface area contributed by atoms with E-state index in [2.05, 4.69) is 20.6 Å². The number of carbonyl (C=O) groups is 2. The molecule has 0 saturated heterocycles. The minimum atomic E-state index is -1.16. The molecule has 1 unspecified atom stereocenters. The summed E-state index contributed by atoms with van der Waals surface area (Å²) >= 11 is 0. The fraction of sp³-hybridized carbons (Fsp3) is 0.455. The molecule has 0 saturated carbocycles. The molecule has 1 heterocycles. The molecular weight excluding hydrogens is 252 g/mol. The van der Waals surface area contributed by atoms with E-state index >= 15 is 0 Å². The molecule has 2 amide bonds. The first-order valence-electron chi connectivity index (χ1n) is 5.57. The quantitative estimate of drug-likeness (QED) is 0.652. The number of aliphatic carboxylic acids is 1. The minimum Gasteiger partial charge on any atom is -0.480 e. The Hall–Kier alpha value is -2.22. The molecule has 0 aliphatic carbocycles. The first-order valence-corrected chi connectivity index (χ1v) is 5.57. The largest absolute Gasteiger partial charge is 0.480 e. The van der Waals surface area contributed by atoms with Gasteiger partial charge in [0.25, 0.3) is 0 Å². The third kappa shape index (κ3) is 5.30. The number of nitrogens with zero attached hydrogens (tertiary/aromatic N) is 2. The Kier molecular flexibility index (Phi) is 5.68. The summed E-state index contributed by atoms with van der Waals surface area (Å²) in [6.45, 7) is 1.83. The highest BCUT2D eigenvalue weighted by atomic mass is 16.5. The number of methoxy groups -OCH3 is 1. The summed E-state index contributed by atoms with van der Waals surface area (Å²) in [5, 5.41) is 13.6. The lowest BCUT2D eigenvalue weighted by Crippen LogP contribution is -2.48. The van der Waals surface area contributed by atoms with Gasteiger partial charge in [0, 0.05) is 13.3 Å². The van der Waals surface area contributed by atoms with Crippen LogP contribution in [0.4, 0.5) is 4.79 Å². The van der Waals surface area contributed by atoms with Crippen molar-refractivity contribution >= 4 is 12.0 Å². The Morgan fingerprint density at radius 3 is 2.84 bits per heavy atom. The summed E-state index contributed by atoms with van der Waals surface area (Å²) in [5.74, 6) is -0.558. The highest BCUT2D eigenvalue weighted by Crippen LogP contribution is 1.94. The summed E-state index contributed by atoms with van der Waals surface area (Å²) in [7, 11) is 1.36. The molecule has 0 fully saturated rings. The fourth-order valence-corrected chi connectivity index (χ4v) is 1.33. The predicted molar refractivity (Wildman–Crippen MR) is 65.4 cm³/mol. The second-order valence-electron chi connectivity index (χ2n) is 3.77. The summed E-state index contributed by atoms with van der Waals surface area (Å²) in [6.07, 6.45) is 1.59. The Morgan fingerprint density at radius 1 is 1.53 bits per heavy atom. The number of ether oxygens (including phenoxy) is 1. The second kappa shape index (κ2) is 7.27. The third-order valence-electron chi connectivity index (χ3n) is 2.20. The number of carboxylic acid groups (broad SMARTS) is 1.